The molecule has 136 valence electrons. The highest BCUT2D eigenvalue weighted by Crippen LogP contribution is 2.26. The number of amides is 2. The van der Waals surface area contributed by atoms with E-state index in [2.05, 4.69) is 31.9 Å². The maximum absolute atomic E-state index is 12.3. The Morgan fingerprint density at radius 1 is 1.08 bits per heavy atom. The van der Waals surface area contributed by atoms with Crippen molar-refractivity contribution in [2.45, 2.75) is 13.3 Å². The number of rotatable bonds is 4. The molecule has 2 aromatic rings. The van der Waals surface area contributed by atoms with E-state index in [1.807, 2.05) is 0 Å². The molecule has 0 aliphatic heterocycles. The lowest BCUT2D eigenvalue weighted by Crippen LogP contribution is -2.34. The van der Waals surface area contributed by atoms with Crippen LogP contribution in [0.3, 0.4) is 0 Å². The number of carbonyl (C=O) groups is 2. The third-order valence-corrected chi connectivity index (χ3v) is 4.58. The standard InChI is InChI=1S/C17H14BrCl2N3O2S/c1-2-15(24)21-10-4-6-13(20)14(8-10)22-17(26)23-16(25)11-7-9(18)3-5-12(11)19/h3-8H,2H2,1H3,(H,21,24)(H2,22,23,25,26). The molecule has 0 heterocycles. The Balaban J connectivity index is 2.09. The summed E-state index contributed by atoms with van der Waals surface area (Å²) in [6.45, 7) is 1.75. The van der Waals surface area contributed by atoms with Gasteiger partial charge in [-0.3, -0.25) is 14.9 Å². The van der Waals surface area contributed by atoms with Gasteiger partial charge in [0.25, 0.3) is 5.91 Å². The first-order valence-corrected chi connectivity index (χ1v) is 9.42. The molecule has 2 amide bonds. The van der Waals surface area contributed by atoms with Crippen molar-refractivity contribution in [3.63, 3.8) is 0 Å². The van der Waals surface area contributed by atoms with Gasteiger partial charge >= 0.3 is 0 Å². The lowest BCUT2D eigenvalue weighted by Gasteiger charge is -2.13. The molecule has 2 rings (SSSR count). The second-order valence-corrected chi connectivity index (χ2v) is 7.27. The SMILES string of the molecule is CCC(=O)Nc1ccc(Cl)c(NC(=S)NC(=O)c2cc(Br)ccc2Cl)c1. The number of anilines is 2. The highest BCUT2D eigenvalue weighted by Gasteiger charge is 2.13. The molecule has 0 aromatic heterocycles. The Morgan fingerprint density at radius 2 is 1.77 bits per heavy atom. The van der Waals surface area contributed by atoms with Crippen LogP contribution in [0.4, 0.5) is 11.4 Å². The average molecular weight is 475 g/mol. The van der Waals surface area contributed by atoms with Gasteiger partial charge in [0, 0.05) is 16.6 Å². The minimum Gasteiger partial charge on any atom is -0.331 e. The maximum atomic E-state index is 12.3. The van der Waals surface area contributed by atoms with E-state index in [-0.39, 0.29) is 16.6 Å². The van der Waals surface area contributed by atoms with Crippen LogP contribution in [0.25, 0.3) is 0 Å². The normalized spacial score (nSPS) is 10.2. The highest BCUT2D eigenvalue weighted by atomic mass is 79.9. The van der Waals surface area contributed by atoms with E-state index >= 15 is 0 Å². The van der Waals surface area contributed by atoms with E-state index in [9.17, 15) is 9.59 Å². The first-order chi connectivity index (χ1) is 12.3. The number of hydrogen-bond donors (Lipinski definition) is 3. The predicted molar refractivity (Wildman–Crippen MR) is 113 cm³/mol. The minimum absolute atomic E-state index is 0.0481. The molecule has 5 nitrogen and oxygen atoms in total. The summed E-state index contributed by atoms with van der Waals surface area (Å²) in [5.41, 5.74) is 1.29. The zero-order chi connectivity index (χ0) is 19.3. The van der Waals surface area contributed by atoms with Gasteiger partial charge in [-0.15, -0.1) is 0 Å². The second kappa shape index (κ2) is 9.32. The Morgan fingerprint density at radius 3 is 2.46 bits per heavy atom. The fraction of sp³-hybridized carbons (Fsp3) is 0.118. The van der Waals surface area contributed by atoms with Gasteiger partial charge in [0.2, 0.25) is 5.91 Å². The van der Waals surface area contributed by atoms with Gasteiger partial charge in [-0.05, 0) is 48.6 Å². The summed E-state index contributed by atoms with van der Waals surface area (Å²) in [6.07, 6.45) is 0.354. The van der Waals surface area contributed by atoms with E-state index < -0.39 is 5.91 Å². The predicted octanol–water partition coefficient (Wildman–Crippen LogP) is 5.23. The molecule has 2 aromatic carbocycles. The van der Waals surface area contributed by atoms with Crippen molar-refractivity contribution in [3.05, 3.63) is 56.5 Å². The van der Waals surface area contributed by atoms with Gasteiger partial charge in [0.15, 0.2) is 5.11 Å². The lowest BCUT2D eigenvalue weighted by atomic mass is 10.2. The quantitative estimate of drug-likeness (QED) is 0.530. The molecular weight excluding hydrogens is 461 g/mol. The maximum Gasteiger partial charge on any atom is 0.258 e. The van der Waals surface area contributed by atoms with Crippen LogP contribution in [0.15, 0.2) is 40.9 Å². The minimum atomic E-state index is -0.458. The third-order valence-electron chi connectivity index (χ3n) is 3.22. The van der Waals surface area contributed by atoms with Crippen molar-refractivity contribution < 1.29 is 9.59 Å². The number of benzene rings is 2. The first-order valence-electron chi connectivity index (χ1n) is 7.47. The third kappa shape index (κ3) is 5.67. The summed E-state index contributed by atoms with van der Waals surface area (Å²) in [5.74, 6) is -0.584. The van der Waals surface area contributed by atoms with Crippen LogP contribution in [0, 0.1) is 0 Å². The van der Waals surface area contributed by atoms with E-state index in [0.29, 0.717) is 32.3 Å². The fourth-order valence-corrected chi connectivity index (χ4v) is 2.88. The van der Waals surface area contributed by atoms with E-state index in [1.165, 1.54) is 0 Å². The zero-order valence-corrected chi connectivity index (χ0v) is 17.4. The van der Waals surface area contributed by atoms with Crippen LogP contribution in [0.2, 0.25) is 10.0 Å². The largest absolute Gasteiger partial charge is 0.331 e. The Bertz CT molecular complexity index is 877. The summed E-state index contributed by atoms with van der Waals surface area (Å²) in [4.78, 5) is 23.8. The zero-order valence-electron chi connectivity index (χ0n) is 13.5. The molecule has 0 atom stereocenters. The molecule has 9 heteroatoms. The Labute approximate surface area is 174 Å². The summed E-state index contributed by atoms with van der Waals surface area (Å²) in [7, 11) is 0. The molecule has 0 fully saturated rings. The van der Waals surface area contributed by atoms with Crippen LogP contribution in [0.1, 0.15) is 23.7 Å². The number of halogens is 3. The topological polar surface area (TPSA) is 70.2 Å². The van der Waals surface area contributed by atoms with Gasteiger partial charge in [-0.2, -0.15) is 0 Å². The number of nitrogens with one attached hydrogen (secondary N) is 3. The second-order valence-electron chi connectivity index (χ2n) is 5.13. The molecule has 3 N–H and O–H groups in total. The monoisotopic (exact) mass is 473 g/mol. The van der Waals surface area contributed by atoms with Crippen LogP contribution < -0.4 is 16.0 Å². The molecule has 0 saturated carbocycles. The van der Waals surface area contributed by atoms with Gasteiger partial charge in [0.1, 0.15) is 0 Å². The van der Waals surface area contributed by atoms with Gasteiger partial charge in [-0.1, -0.05) is 46.1 Å². The van der Waals surface area contributed by atoms with Crippen molar-refractivity contribution in [2.24, 2.45) is 0 Å². The van der Waals surface area contributed by atoms with Gasteiger partial charge in [0.05, 0.1) is 21.3 Å². The molecule has 26 heavy (non-hydrogen) atoms. The molecule has 0 saturated heterocycles. The molecule has 0 aliphatic rings. The highest BCUT2D eigenvalue weighted by molar-refractivity contribution is 9.10. The number of carbonyl (C=O) groups excluding carboxylic acids is 2. The van der Waals surface area contributed by atoms with Crippen LogP contribution in [0.5, 0.6) is 0 Å². The van der Waals surface area contributed by atoms with Crippen molar-refractivity contribution in [1.29, 1.82) is 0 Å². The van der Waals surface area contributed by atoms with Crippen molar-refractivity contribution in [1.82, 2.24) is 5.32 Å². The lowest BCUT2D eigenvalue weighted by molar-refractivity contribution is -0.115. The summed E-state index contributed by atoms with van der Waals surface area (Å²) in [6, 6.07) is 9.84. The van der Waals surface area contributed by atoms with E-state index in [1.54, 1.807) is 43.3 Å². The smallest absolute Gasteiger partial charge is 0.258 e. The van der Waals surface area contributed by atoms with E-state index in [4.69, 9.17) is 35.4 Å². The van der Waals surface area contributed by atoms with Crippen molar-refractivity contribution >= 4 is 79.7 Å². The molecule has 0 spiro atoms. The van der Waals surface area contributed by atoms with Gasteiger partial charge < -0.3 is 10.6 Å². The van der Waals surface area contributed by atoms with Gasteiger partial charge in [-0.25, -0.2) is 0 Å². The Kier molecular flexibility index (Phi) is 7.40. The van der Waals surface area contributed by atoms with Crippen LogP contribution in [-0.2, 0) is 4.79 Å². The van der Waals surface area contributed by atoms with Crippen molar-refractivity contribution in [2.75, 3.05) is 10.6 Å². The Hall–Kier alpha value is -1.67. The summed E-state index contributed by atoms with van der Waals surface area (Å²) >= 11 is 20.6. The first kappa shape index (κ1) is 20.6. The molecule has 0 radical (unpaired) electrons. The summed E-state index contributed by atoms with van der Waals surface area (Å²) < 4.78 is 0.716. The fourth-order valence-electron chi connectivity index (χ4n) is 1.94. The van der Waals surface area contributed by atoms with Crippen LogP contribution >= 0.6 is 51.3 Å². The summed E-state index contributed by atoms with van der Waals surface area (Å²) in [5, 5.41) is 8.84. The van der Waals surface area contributed by atoms with Crippen LogP contribution in [-0.4, -0.2) is 16.9 Å². The average Bonchev–Trinajstić information content (AvgIpc) is 2.59. The molecule has 0 bridgehead atoms. The molecule has 0 unspecified atom stereocenters. The number of thiocarbonyl (C=S) groups is 1. The number of hydrogen-bond acceptors (Lipinski definition) is 3. The molecule has 0 aliphatic carbocycles. The molecular formula is C17H14BrCl2N3O2S. The van der Waals surface area contributed by atoms with E-state index in [0.717, 1.165) is 0 Å². The van der Waals surface area contributed by atoms with Crippen molar-refractivity contribution in [3.8, 4) is 0 Å².